The van der Waals surface area contributed by atoms with Gasteiger partial charge in [-0.2, -0.15) is 18.4 Å². The lowest BCUT2D eigenvalue weighted by Gasteiger charge is -2.30. The molecule has 35 heavy (non-hydrogen) atoms. The predicted molar refractivity (Wildman–Crippen MR) is 124 cm³/mol. The second-order valence-corrected chi connectivity index (χ2v) is 8.84. The Bertz CT molecular complexity index is 1140. The van der Waals surface area contributed by atoms with E-state index in [4.69, 9.17) is 27.3 Å². The minimum atomic E-state index is -4.85. The second kappa shape index (κ2) is 11.0. The summed E-state index contributed by atoms with van der Waals surface area (Å²) in [4.78, 5) is 14.0. The van der Waals surface area contributed by atoms with Crippen molar-refractivity contribution in [1.29, 1.82) is 5.26 Å². The standard InChI is InChI=1S/C23H23F4N3O4S/c1-22(2,3)20(33)30(15-6-4-13(10-28)17(9-15)23(25,26)27)21(35)29-14-5-7-19(18(24)8-14)34-12-16(32)11-31/h4-9,16,31-32H,11-12H2,1-3H3,(H,29,35)/t16-/m0/s1. The van der Waals surface area contributed by atoms with Crippen molar-refractivity contribution in [1.82, 2.24) is 0 Å². The van der Waals surface area contributed by atoms with Crippen LogP contribution in [-0.2, 0) is 11.0 Å². The van der Waals surface area contributed by atoms with Crippen LogP contribution in [0.3, 0.4) is 0 Å². The van der Waals surface area contributed by atoms with E-state index in [-0.39, 0.29) is 28.8 Å². The molecule has 2 aromatic rings. The fraction of sp³-hybridized carbons (Fsp3) is 0.348. The van der Waals surface area contributed by atoms with E-state index in [2.05, 4.69) is 5.32 Å². The molecule has 2 aromatic carbocycles. The molecule has 188 valence electrons. The van der Waals surface area contributed by atoms with E-state index >= 15 is 0 Å². The third-order valence-corrected chi connectivity index (χ3v) is 4.84. The highest BCUT2D eigenvalue weighted by molar-refractivity contribution is 7.80. The van der Waals surface area contributed by atoms with Crippen molar-refractivity contribution in [2.75, 3.05) is 23.4 Å². The normalized spacial score (nSPS) is 12.5. The van der Waals surface area contributed by atoms with Gasteiger partial charge < -0.3 is 20.3 Å². The first kappa shape index (κ1) is 28.0. The zero-order valence-corrected chi connectivity index (χ0v) is 19.8. The van der Waals surface area contributed by atoms with Crippen LogP contribution in [0.4, 0.5) is 28.9 Å². The smallest absolute Gasteiger partial charge is 0.417 e. The summed E-state index contributed by atoms with van der Waals surface area (Å²) in [7, 11) is 0. The van der Waals surface area contributed by atoms with E-state index in [1.54, 1.807) is 20.8 Å². The molecule has 0 saturated carbocycles. The first-order chi connectivity index (χ1) is 16.2. The van der Waals surface area contributed by atoms with Crippen LogP contribution in [0, 0.1) is 22.6 Å². The van der Waals surface area contributed by atoms with Crippen LogP contribution in [-0.4, -0.2) is 40.6 Å². The second-order valence-electron chi connectivity index (χ2n) is 8.45. The average Bonchev–Trinajstić information content (AvgIpc) is 2.77. The van der Waals surface area contributed by atoms with Crippen molar-refractivity contribution in [2.24, 2.45) is 5.41 Å². The highest BCUT2D eigenvalue weighted by atomic mass is 32.1. The number of hydrogen-bond donors (Lipinski definition) is 3. The molecule has 0 aliphatic carbocycles. The van der Waals surface area contributed by atoms with Crippen molar-refractivity contribution in [3.8, 4) is 11.8 Å². The molecule has 1 amide bonds. The molecule has 1 atom stereocenters. The van der Waals surface area contributed by atoms with E-state index in [1.165, 1.54) is 18.2 Å². The summed E-state index contributed by atoms with van der Waals surface area (Å²) in [6.45, 7) is 3.72. The monoisotopic (exact) mass is 513 g/mol. The van der Waals surface area contributed by atoms with E-state index in [1.807, 2.05) is 0 Å². The number of alkyl halides is 3. The molecule has 0 aliphatic rings. The van der Waals surface area contributed by atoms with Crippen molar-refractivity contribution in [3.05, 3.63) is 53.3 Å². The van der Waals surface area contributed by atoms with E-state index < -0.39 is 47.2 Å². The average molecular weight is 514 g/mol. The molecule has 0 bridgehead atoms. The molecular formula is C23H23F4N3O4S. The molecule has 2 rings (SSSR count). The Morgan fingerprint density at radius 2 is 1.89 bits per heavy atom. The summed E-state index contributed by atoms with van der Waals surface area (Å²) in [6, 6.07) is 7.76. The van der Waals surface area contributed by atoms with Gasteiger partial charge in [0, 0.05) is 17.2 Å². The number of anilines is 2. The number of rotatable bonds is 6. The lowest BCUT2D eigenvalue weighted by atomic mass is 9.94. The predicted octanol–water partition coefficient (Wildman–Crippen LogP) is 4.22. The van der Waals surface area contributed by atoms with Crippen LogP contribution in [0.5, 0.6) is 5.75 Å². The summed E-state index contributed by atoms with van der Waals surface area (Å²) in [5.74, 6) is -1.72. The Balaban J connectivity index is 2.42. The number of nitriles is 1. The van der Waals surface area contributed by atoms with Gasteiger partial charge >= 0.3 is 6.18 Å². The Morgan fingerprint density at radius 1 is 1.23 bits per heavy atom. The molecule has 0 saturated heterocycles. The molecule has 0 radical (unpaired) electrons. The number of ether oxygens (including phenoxy) is 1. The van der Waals surface area contributed by atoms with Gasteiger partial charge in [0.1, 0.15) is 12.7 Å². The number of nitrogens with one attached hydrogen (secondary N) is 1. The Kier molecular flexibility index (Phi) is 8.78. The number of carbonyl (C=O) groups is 1. The number of hydrogen-bond acceptors (Lipinski definition) is 6. The number of thiocarbonyl (C=S) groups is 1. The summed E-state index contributed by atoms with van der Waals surface area (Å²) in [6.07, 6.45) is -6.06. The van der Waals surface area contributed by atoms with E-state index in [0.717, 1.165) is 23.1 Å². The maximum Gasteiger partial charge on any atom is 0.417 e. The molecule has 0 heterocycles. The highest BCUT2D eigenvalue weighted by Gasteiger charge is 2.36. The summed E-state index contributed by atoms with van der Waals surface area (Å²) >= 11 is 5.29. The molecule has 12 heteroatoms. The number of halogens is 4. The fourth-order valence-electron chi connectivity index (χ4n) is 2.78. The van der Waals surface area contributed by atoms with Gasteiger partial charge in [-0.05, 0) is 42.5 Å². The fourth-order valence-corrected chi connectivity index (χ4v) is 3.09. The van der Waals surface area contributed by atoms with Gasteiger partial charge in [-0.3, -0.25) is 9.69 Å². The van der Waals surface area contributed by atoms with Crippen molar-refractivity contribution < 1.29 is 37.3 Å². The maximum absolute atomic E-state index is 14.4. The summed E-state index contributed by atoms with van der Waals surface area (Å²) in [5.41, 5.74) is -3.07. The summed E-state index contributed by atoms with van der Waals surface area (Å²) in [5, 5.41) is 29.5. The number of carbonyl (C=O) groups excluding carboxylic acids is 1. The SMILES string of the molecule is CC(C)(C)C(=O)N(C(=S)Nc1ccc(OC[C@@H](O)CO)c(F)c1)c1ccc(C#N)c(C(F)(F)F)c1. The third-order valence-electron chi connectivity index (χ3n) is 4.56. The van der Waals surface area contributed by atoms with Gasteiger partial charge in [0.05, 0.1) is 29.5 Å². The minimum absolute atomic E-state index is 0.0685. The Labute approximate surface area is 204 Å². The van der Waals surface area contributed by atoms with Crippen LogP contribution in [0.15, 0.2) is 36.4 Å². The Hall–Kier alpha value is -3.27. The van der Waals surface area contributed by atoms with Crippen molar-refractivity contribution >= 4 is 34.6 Å². The Morgan fingerprint density at radius 3 is 2.40 bits per heavy atom. The first-order valence-electron chi connectivity index (χ1n) is 10.2. The zero-order chi connectivity index (χ0) is 26.6. The topological polar surface area (TPSA) is 106 Å². The molecule has 0 aromatic heterocycles. The van der Waals surface area contributed by atoms with Crippen LogP contribution < -0.4 is 15.0 Å². The molecule has 0 aliphatic heterocycles. The molecule has 7 nitrogen and oxygen atoms in total. The van der Waals surface area contributed by atoms with Gasteiger partial charge in [-0.1, -0.05) is 20.8 Å². The number of nitrogens with zero attached hydrogens (tertiary/aromatic N) is 2. The quantitative estimate of drug-likeness (QED) is 0.392. The van der Waals surface area contributed by atoms with Gasteiger partial charge in [0.15, 0.2) is 16.7 Å². The molecule has 0 fully saturated rings. The molecule has 0 unspecified atom stereocenters. The number of aliphatic hydroxyl groups excluding tert-OH is 2. The van der Waals surface area contributed by atoms with E-state index in [0.29, 0.717) is 6.07 Å². The van der Waals surface area contributed by atoms with Gasteiger partial charge in [-0.25, -0.2) is 4.39 Å². The molecular weight excluding hydrogens is 490 g/mol. The van der Waals surface area contributed by atoms with Gasteiger partial charge in [0.25, 0.3) is 0 Å². The number of benzene rings is 2. The van der Waals surface area contributed by atoms with Crippen LogP contribution in [0.25, 0.3) is 0 Å². The lowest BCUT2D eigenvalue weighted by molar-refractivity contribution is -0.137. The summed E-state index contributed by atoms with van der Waals surface area (Å²) < 4.78 is 60.0. The molecule has 0 spiro atoms. The van der Waals surface area contributed by atoms with Crippen LogP contribution in [0.1, 0.15) is 31.9 Å². The van der Waals surface area contributed by atoms with E-state index in [9.17, 15) is 27.5 Å². The lowest BCUT2D eigenvalue weighted by Crippen LogP contribution is -2.46. The van der Waals surface area contributed by atoms with Crippen molar-refractivity contribution in [3.63, 3.8) is 0 Å². The molecule has 3 N–H and O–H groups in total. The van der Waals surface area contributed by atoms with Crippen molar-refractivity contribution in [2.45, 2.75) is 33.1 Å². The first-order valence-corrected chi connectivity index (χ1v) is 10.6. The number of amides is 1. The van der Waals surface area contributed by atoms with Crippen LogP contribution >= 0.6 is 12.2 Å². The van der Waals surface area contributed by atoms with Crippen LogP contribution in [0.2, 0.25) is 0 Å². The van der Waals surface area contributed by atoms with Gasteiger partial charge in [0.2, 0.25) is 5.91 Å². The zero-order valence-electron chi connectivity index (χ0n) is 19.0. The third kappa shape index (κ3) is 7.11. The van der Waals surface area contributed by atoms with Gasteiger partial charge in [-0.15, -0.1) is 0 Å². The largest absolute Gasteiger partial charge is 0.488 e. The highest BCUT2D eigenvalue weighted by Crippen LogP contribution is 2.35. The minimum Gasteiger partial charge on any atom is -0.488 e. The maximum atomic E-state index is 14.4. The number of aliphatic hydroxyl groups is 2.